The van der Waals surface area contributed by atoms with Crippen LogP contribution < -0.4 is 27.4 Å². The molecule has 3 heterocycles. The zero-order valence-corrected chi connectivity index (χ0v) is 21.5. The molecule has 6 amide bonds. The maximum absolute atomic E-state index is 13.0. The Morgan fingerprint density at radius 3 is 2.35 bits per heavy atom. The smallest absolute Gasteiger partial charge is 0.429 e. The molecule has 8 N–H and O–H groups in total. The quantitative estimate of drug-likeness (QED) is 0.103. The lowest BCUT2D eigenvalue weighted by molar-refractivity contribution is -0.170. The molecule has 3 aliphatic rings. The molecule has 0 aliphatic carbocycles. The average molecular weight is 545 g/mol. The van der Waals surface area contributed by atoms with Crippen molar-refractivity contribution in [2.75, 3.05) is 18.8 Å². The van der Waals surface area contributed by atoms with Crippen molar-refractivity contribution < 1.29 is 38.7 Å². The number of fused-ring (bicyclic) bond motifs is 1. The third-order valence-electron chi connectivity index (χ3n) is 6.20. The van der Waals surface area contributed by atoms with E-state index >= 15 is 0 Å². The number of imide groups is 1. The van der Waals surface area contributed by atoms with Gasteiger partial charge in [0.15, 0.2) is 0 Å². The molecule has 14 nitrogen and oxygen atoms in total. The number of carboxylic acids is 1. The topological polar surface area (TPSA) is 223 Å². The summed E-state index contributed by atoms with van der Waals surface area (Å²) in [6.07, 6.45) is 4.82. The molecule has 0 aromatic rings. The number of carbonyl (C=O) groups excluding carboxylic acids is 5. The standard InChI is InChI=1S/C17H30N4O4S.C5H6N2O4/c18-9-5-1-2-6-10-19-15(24)17(8-4-3-7-13(22)23)14-12(11-26-17)20-16(25)21-14;6-5(10)11-7-3(8)1-2-4(7)9/h12,14H,1-11,18H2,(H,19,24)(H,22,23)(H2,20,21,25);1-2H2,(H2,6,10)/t12-,14-,17-;/m0./s1. The third-order valence-corrected chi connectivity index (χ3v) is 7.89. The van der Waals surface area contributed by atoms with Crippen LogP contribution in [0.5, 0.6) is 0 Å². The number of nitrogens with one attached hydrogen (secondary N) is 3. The van der Waals surface area contributed by atoms with E-state index in [1.807, 2.05) is 0 Å². The third kappa shape index (κ3) is 8.77. The van der Waals surface area contributed by atoms with E-state index in [1.54, 1.807) is 11.8 Å². The number of aliphatic carboxylic acids is 1. The van der Waals surface area contributed by atoms with Crippen molar-refractivity contribution in [2.24, 2.45) is 11.5 Å². The largest absolute Gasteiger partial charge is 0.481 e. The summed E-state index contributed by atoms with van der Waals surface area (Å²) in [6, 6.07) is -0.533. The summed E-state index contributed by atoms with van der Waals surface area (Å²) in [5.41, 5.74) is 10.1. The van der Waals surface area contributed by atoms with Gasteiger partial charge in [0, 0.05) is 31.6 Å². The van der Waals surface area contributed by atoms with Crippen molar-refractivity contribution >= 4 is 47.6 Å². The predicted octanol–water partition coefficient (Wildman–Crippen LogP) is -0.0520. The number of thioether (sulfide) groups is 1. The molecular weight excluding hydrogens is 508 g/mol. The average Bonchev–Trinajstić information content (AvgIpc) is 3.48. The fourth-order valence-corrected chi connectivity index (χ4v) is 6.02. The lowest BCUT2D eigenvalue weighted by atomic mass is 9.88. The van der Waals surface area contributed by atoms with Crippen LogP contribution in [0.25, 0.3) is 0 Å². The molecule has 0 radical (unpaired) electrons. The Kier molecular flexibility index (Phi) is 11.9. The Bertz CT molecular complexity index is 858. The van der Waals surface area contributed by atoms with E-state index in [4.69, 9.17) is 10.8 Å². The minimum absolute atomic E-state index is 0.0480. The zero-order chi connectivity index (χ0) is 27.4. The first-order valence-electron chi connectivity index (χ1n) is 12.3. The molecule has 0 spiro atoms. The second-order valence-corrected chi connectivity index (χ2v) is 10.3. The maximum Gasteiger partial charge on any atom is 0.429 e. The summed E-state index contributed by atoms with van der Waals surface area (Å²) in [4.78, 5) is 71.0. The number of hydrogen-bond acceptors (Lipinski definition) is 9. The van der Waals surface area contributed by atoms with E-state index in [-0.39, 0.29) is 43.3 Å². The van der Waals surface area contributed by atoms with Gasteiger partial charge in [-0.15, -0.1) is 16.8 Å². The highest BCUT2D eigenvalue weighted by molar-refractivity contribution is 8.01. The SMILES string of the molecule is NC(=O)ON1C(=O)CCC1=O.NCCCCCCNC(=O)[C@@]1(CCCCC(=O)O)SC[C@@H]2NC(=O)N[C@@H]21. The van der Waals surface area contributed by atoms with E-state index in [9.17, 15) is 28.8 Å². The molecular formula is C22H36N6O8S. The van der Waals surface area contributed by atoms with Crippen LogP contribution in [-0.4, -0.2) is 81.7 Å². The van der Waals surface area contributed by atoms with E-state index in [0.717, 1.165) is 25.7 Å². The number of nitrogens with two attached hydrogens (primary N) is 2. The van der Waals surface area contributed by atoms with Gasteiger partial charge in [-0.05, 0) is 32.2 Å². The number of carbonyl (C=O) groups is 6. The number of rotatable bonds is 13. The number of primary amides is 1. The van der Waals surface area contributed by atoms with Crippen molar-refractivity contribution in [2.45, 2.75) is 81.0 Å². The van der Waals surface area contributed by atoms with Crippen LogP contribution in [-0.2, 0) is 24.0 Å². The monoisotopic (exact) mass is 544 g/mol. The molecule has 208 valence electrons. The van der Waals surface area contributed by atoms with Gasteiger partial charge in [0.05, 0.1) is 12.1 Å². The van der Waals surface area contributed by atoms with Gasteiger partial charge in [-0.3, -0.25) is 19.2 Å². The fourth-order valence-electron chi connectivity index (χ4n) is 4.38. The van der Waals surface area contributed by atoms with Crippen molar-refractivity contribution in [3.05, 3.63) is 0 Å². The van der Waals surface area contributed by atoms with Gasteiger partial charge < -0.3 is 37.4 Å². The van der Waals surface area contributed by atoms with Gasteiger partial charge in [0.1, 0.15) is 4.75 Å². The van der Waals surface area contributed by atoms with E-state index in [0.29, 0.717) is 43.2 Å². The summed E-state index contributed by atoms with van der Waals surface area (Å²) in [5, 5.41) is 18.0. The zero-order valence-electron chi connectivity index (χ0n) is 20.7. The lowest BCUT2D eigenvalue weighted by Crippen LogP contribution is -2.56. The molecule has 15 heteroatoms. The second-order valence-electron chi connectivity index (χ2n) is 8.95. The van der Waals surface area contributed by atoms with E-state index in [1.165, 1.54) is 0 Å². The summed E-state index contributed by atoms with van der Waals surface area (Å²) < 4.78 is -0.723. The van der Waals surface area contributed by atoms with Crippen LogP contribution >= 0.6 is 11.8 Å². The van der Waals surface area contributed by atoms with Crippen molar-refractivity contribution in [3.8, 4) is 0 Å². The molecule has 3 saturated heterocycles. The summed E-state index contributed by atoms with van der Waals surface area (Å²) in [6.45, 7) is 1.30. The Hall–Kier alpha value is -3.07. The second kappa shape index (κ2) is 14.6. The van der Waals surface area contributed by atoms with Crippen molar-refractivity contribution in [3.63, 3.8) is 0 Å². The summed E-state index contributed by atoms with van der Waals surface area (Å²) in [5.74, 6) is -1.25. The molecule has 0 unspecified atom stereocenters. The highest BCUT2D eigenvalue weighted by atomic mass is 32.2. The molecule has 0 bridgehead atoms. The summed E-state index contributed by atoms with van der Waals surface area (Å²) in [7, 11) is 0. The van der Waals surface area contributed by atoms with Crippen LogP contribution in [0, 0.1) is 0 Å². The van der Waals surface area contributed by atoms with Crippen LogP contribution in [0.4, 0.5) is 9.59 Å². The van der Waals surface area contributed by atoms with Gasteiger partial charge in [-0.2, -0.15) is 0 Å². The van der Waals surface area contributed by atoms with Crippen molar-refractivity contribution in [1.29, 1.82) is 0 Å². The van der Waals surface area contributed by atoms with Gasteiger partial charge >= 0.3 is 18.1 Å². The molecule has 0 aromatic carbocycles. The van der Waals surface area contributed by atoms with E-state index < -0.39 is 28.6 Å². The Morgan fingerprint density at radius 1 is 1.05 bits per heavy atom. The van der Waals surface area contributed by atoms with E-state index in [2.05, 4.69) is 26.5 Å². The number of urea groups is 1. The number of nitrogens with zero attached hydrogens (tertiary/aromatic N) is 1. The molecule has 3 fully saturated rings. The first-order chi connectivity index (χ1) is 17.6. The number of hydroxylamine groups is 2. The fraction of sp³-hybridized carbons (Fsp3) is 0.727. The Balaban J connectivity index is 0.000000364. The minimum Gasteiger partial charge on any atom is -0.481 e. The Labute approximate surface area is 218 Å². The molecule has 3 atom stereocenters. The maximum atomic E-state index is 13.0. The summed E-state index contributed by atoms with van der Waals surface area (Å²) >= 11 is 1.57. The number of amides is 6. The predicted molar refractivity (Wildman–Crippen MR) is 133 cm³/mol. The van der Waals surface area contributed by atoms with Gasteiger partial charge in [-0.25, -0.2) is 9.59 Å². The first kappa shape index (κ1) is 30.2. The molecule has 0 aromatic heterocycles. The number of unbranched alkanes of at least 4 members (excludes halogenated alkanes) is 4. The molecule has 3 rings (SSSR count). The lowest BCUT2D eigenvalue weighted by Gasteiger charge is -2.32. The van der Waals surface area contributed by atoms with Crippen LogP contribution in [0.2, 0.25) is 0 Å². The van der Waals surface area contributed by atoms with Crippen LogP contribution in [0.1, 0.15) is 64.2 Å². The highest BCUT2D eigenvalue weighted by Gasteiger charge is 2.57. The number of carboxylic acid groups (broad SMARTS) is 1. The normalized spacial score (nSPS) is 24.0. The molecule has 37 heavy (non-hydrogen) atoms. The van der Waals surface area contributed by atoms with Crippen LogP contribution in [0.3, 0.4) is 0 Å². The number of hydrogen-bond donors (Lipinski definition) is 6. The molecule has 3 aliphatic heterocycles. The first-order valence-corrected chi connectivity index (χ1v) is 13.3. The molecule has 0 saturated carbocycles. The highest BCUT2D eigenvalue weighted by Crippen LogP contribution is 2.44. The van der Waals surface area contributed by atoms with Gasteiger partial charge in [0.2, 0.25) is 5.91 Å². The van der Waals surface area contributed by atoms with Crippen LogP contribution in [0.15, 0.2) is 0 Å². The Morgan fingerprint density at radius 2 is 1.73 bits per heavy atom. The van der Waals surface area contributed by atoms with Crippen molar-refractivity contribution in [1.82, 2.24) is 21.0 Å². The minimum atomic E-state index is -1.16. The van der Waals surface area contributed by atoms with Gasteiger partial charge in [-0.1, -0.05) is 19.3 Å². The van der Waals surface area contributed by atoms with Gasteiger partial charge in [0.25, 0.3) is 11.8 Å².